The molecule has 0 rings (SSSR count). The Kier molecular flexibility index (Phi) is 6.37. The summed E-state index contributed by atoms with van der Waals surface area (Å²) in [7, 11) is 0. The molecule has 0 aromatic rings. The zero-order valence-corrected chi connectivity index (χ0v) is 6.66. The third kappa shape index (κ3) is 7.26. The Morgan fingerprint density at radius 2 is 2.00 bits per heavy atom. The van der Waals surface area contributed by atoms with Gasteiger partial charge in [-0.15, -0.1) is 11.6 Å². The SMILES string of the molecule is ClCCNP(Cl)Cl. The van der Waals surface area contributed by atoms with E-state index in [0.717, 1.165) is 0 Å². The molecule has 0 heterocycles. The summed E-state index contributed by atoms with van der Waals surface area (Å²) in [6, 6.07) is 0. The average molecular weight is 180 g/mol. The summed E-state index contributed by atoms with van der Waals surface area (Å²) >= 11 is 15.9. The second kappa shape index (κ2) is 5.40. The van der Waals surface area contributed by atoms with Gasteiger partial charge in [0, 0.05) is 12.4 Å². The molecule has 5 heteroatoms. The van der Waals surface area contributed by atoms with Gasteiger partial charge in [0.15, 0.2) is 6.78 Å². The molecule has 0 radical (unpaired) electrons. The Morgan fingerprint density at radius 1 is 1.43 bits per heavy atom. The molecular weight excluding hydrogens is 175 g/mol. The largest absolute Gasteiger partial charge is 0.270 e. The fourth-order valence-electron chi connectivity index (χ4n) is 0.127. The summed E-state index contributed by atoms with van der Waals surface area (Å²) in [6.45, 7) is -0.316. The summed E-state index contributed by atoms with van der Waals surface area (Å²) < 4.78 is 0. The van der Waals surface area contributed by atoms with Crippen molar-refractivity contribution in [2.75, 3.05) is 12.4 Å². The van der Waals surface area contributed by atoms with E-state index in [1.807, 2.05) is 0 Å². The van der Waals surface area contributed by atoms with E-state index < -0.39 is 6.78 Å². The first kappa shape index (κ1) is 8.26. The van der Waals surface area contributed by atoms with Gasteiger partial charge in [-0.05, 0) is 0 Å². The van der Waals surface area contributed by atoms with Gasteiger partial charge < -0.3 is 0 Å². The number of halogens is 3. The summed E-state index contributed by atoms with van der Waals surface area (Å²) in [5.41, 5.74) is 0. The van der Waals surface area contributed by atoms with E-state index in [1.165, 1.54) is 0 Å². The van der Waals surface area contributed by atoms with E-state index in [2.05, 4.69) is 5.09 Å². The minimum absolute atomic E-state index is 0.554. The van der Waals surface area contributed by atoms with Crippen LogP contribution in [0.4, 0.5) is 0 Å². The first-order chi connectivity index (χ1) is 3.27. The lowest BCUT2D eigenvalue weighted by atomic mass is 10.8. The lowest BCUT2D eigenvalue weighted by Crippen LogP contribution is -2.04. The van der Waals surface area contributed by atoms with Crippen molar-refractivity contribution in [1.29, 1.82) is 0 Å². The molecule has 0 aliphatic carbocycles. The van der Waals surface area contributed by atoms with Gasteiger partial charge in [-0.2, -0.15) is 0 Å². The van der Waals surface area contributed by atoms with Crippen molar-refractivity contribution in [1.82, 2.24) is 5.09 Å². The van der Waals surface area contributed by atoms with Crippen LogP contribution in [0, 0.1) is 0 Å². The summed E-state index contributed by atoms with van der Waals surface area (Å²) in [5.74, 6) is 0.554. The second-order valence-corrected chi connectivity index (χ2v) is 4.54. The molecule has 0 aromatic carbocycles. The highest BCUT2D eigenvalue weighted by Gasteiger charge is 1.92. The first-order valence-electron chi connectivity index (χ1n) is 1.68. The molecule has 44 valence electrons. The Hall–Kier alpha value is 1.26. The van der Waals surface area contributed by atoms with E-state index in [9.17, 15) is 0 Å². The zero-order chi connectivity index (χ0) is 5.70. The fourth-order valence-corrected chi connectivity index (χ4v) is 1.14. The minimum Gasteiger partial charge on any atom is -0.270 e. The normalized spacial score (nSPS) is 10.3. The first-order valence-corrected chi connectivity index (χ1v) is 5.37. The van der Waals surface area contributed by atoms with Gasteiger partial charge in [-0.3, -0.25) is 5.09 Å². The third-order valence-corrected chi connectivity index (χ3v) is 1.69. The van der Waals surface area contributed by atoms with Crippen LogP contribution in [-0.2, 0) is 0 Å². The highest BCUT2D eigenvalue weighted by atomic mass is 35.9. The van der Waals surface area contributed by atoms with Gasteiger partial charge >= 0.3 is 0 Å². The van der Waals surface area contributed by atoms with Crippen molar-refractivity contribution >= 4 is 40.9 Å². The highest BCUT2D eigenvalue weighted by Crippen LogP contribution is 2.41. The number of hydrogen-bond donors (Lipinski definition) is 1. The van der Waals surface area contributed by atoms with Crippen LogP contribution in [0.15, 0.2) is 0 Å². The summed E-state index contributed by atoms with van der Waals surface area (Å²) in [4.78, 5) is 0. The fraction of sp³-hybridized carbons (Fsp3) is 1.00. The van der Waals surface area contributed by atoms with Crippen molar-refractivity contribution in [3.63, 3.8) is 0 Å². The van der Waals surface area contributed by atoms with Crippen LogP contribution < -0.4 is 5.09 Å². The molecule has 1 nitrogen and oxygen atoms in total. The molecule has 0 aromatic heterocycles. The predicted molar refractivity (Wildman–Crippen MR) is 37.3 cm³/mol. The van der Waals surface area contributed by atoms with Gasteiger partial charge in [0.2, 0.25) is 0 Å². The Bertz CT molecular complexity index is 41.9. The van der Waals surface area contributed by atoms with Gasteiger partial charge in [0.25, 0.3) is 0 Å². The zero-order valence-electron chi connectivity index (χ0n) is 3.50. The second-order valence-electron chi connectivity index (χ2n) is 0.830. The van der Waals surface area contributed by atoms with E-state index in [0.29, 0.717) is 12.4 Å². The van der Waals surface area contributed by atoms with Crippen molar-refractivity contribution in [3.8, 4) is 0 Å². The summed E-state index contributed by atoms with van der Waals surface area (Å²) in [5, 5.41) is 2.76. The smallest absolute Gasteiger partial charge is 0.157 e. The molecule has 0 atom stereocenters. The molecule has 7 heavy (non-hydrogen) atoms. The van der Waals surface area contributed by atoms with Crippen LogP contribution in [0.5, 0.6) is 0 Å². The van der Waals surface area contributed by atoms with Gasteiger partial charge in [-0.25, -0.2) is 0 Å². The lowest BCUT2D eigenvalue weighted by molar-refractivity contribution is 1.04. The van der Waals surface area contributed by atoms with Crippen molar-refractivity contribution in [2.45, 2.75) is 0 Å². The van der Waals surface area contributed by atoms with Crippen LogP contribution in [-0.4, -0.2) is 12.4 Å². The van der Waals surface area contributed by atoms with Crippen LogP contribution in [0.2, 0.25) is 0 Å². The number of alkyl halides is 1. The maximum absolute atomic E-state index is 5.32. The molecular formula is C2H5Cl3NP. The third-order valence-electron chi connectivity index (χ3n) is 0.326. The quantitative estimate of drug-likeness (QED) is 0.520. The minimum atomic E-state index is -0.996. The molecule has 0 fully saturated rings. The molecule has 0 amide bonds. The molecule has 0 saturated heterocycles. The standard InChI is InChI=1S/C2H5Cl3NP/c3-1-2-6-7(4)5/h6H,1-2H2. The molecule has 1 N–H and O–H groups in total. The topological polar surface area (TPSA) is 12.0 Å². The maximum atomic E-state index is 5.32. The van der Waals surface area contributed by atoms with Crippen LogP contribution in [0.3, 0.4) is 0 Å². The van der Waals surface area contributed by atoms with Gasteiger partial charge in [0.05, 0.1) is 0 Å². The molecule has 0 saturated carbocycles. The van der Waals surface area contributed by atoms with E-state index in [4.69, 9.17) is 34.1 Å². The van der Waals surface area contributed by atoms with Crippen LogP contribution in [0.25, 0.3) is 0 Å². The van der Waals surface area contributed by atoms with Crippen molar-refractivity contribution < 1.29 is 0 Å². The molecule has 0 aliphatic rings. The Morgan fingerprint density at radius 3 is 2.14 bits per heavy atom. The van der Waals surface area contributed by atoms with Gasteiger partial charge in [-0.1, -0.05) is 22.5 Å². The Labute approximate surface area is 58.7 Å². The van der Waals surface area contributed by atoms with Crippen LogP contribution in [0.1, 0.15) is 0 Å². The Balaban J connectivity index is 2.68. The molecule has 0 unspecified atom stereocenters. The van der Waals surface area contributed by atoms with Crippen molar-refractivity contribution in [3.05, 3.63) is 0 Å². The average Bonchev–Trinajstić information content (AvgIpc) is 1.61. The van der Waals surface area contributed by atoms with Crippen molar-refractivity contribution in [2.24, 2.45) is 0 Å². The predicted octanol–water partition coefficient (Wildman–Crippen LogP) is 2.52. The number of rotatable bonds is 3. The van der Waals surface area contributed by atoms with Gasteiger partial charge in [0.1, 0.15) is 0 Å². The molecule has 0 bridgehead atoms. The van der Waals surface area contributed by atoms with E-state index in [1.54, 1.807) is 0 Å². The number of nitrogens with one attached hydrogen (secondary N) is 1. The number of hydrogen-bond acceptors (Lipinski definition) is 1. The maximum Gasteiger partial charge on any atom is 0.157 e. The molecule has 0 spiro atoms. The van der Waals surface area contributed by atoms with E-state index in [-0.39, 0.29) is 0 Å². The lowest BCUT2D eigenvalue weighted by Gasteiger charge is -1.97. The monoisotopic (exact) mass is 179 g/mol. The summed E-state index contributed by atoms with van der Waals surface area (Å²) in [6.07, 6.45) is 0. The van der Waals surface area contributed by atoms with Crippen LogP contribution >= 0.6 is 40.9 Å². The molecule has 0 aliphatic heterocycles. The van der Waals surface area contributed by atoms with E-state index >= 15 is 0 Å². The highest BCUT2D eigenvalue weighted by molar-refractivity contribution is 8.02.